The van der Waals surface area contributed by atoms with Crippen molar-refractivity contribution in [2.24, 2.45) is 0 Å². The Kier molecular flexibility index (Phi) is 39.2. The Bertz CT molecular complexity index is 1020. The summed E-state index contributed by atoms with van der Waals surface area (Å²) in [5.74, 6) is -0.707. The molecule has 0 aromatic carbocycles. The zero-order chi connectivity index (χ0) is 45.5. The molecule has 0 aromatic rings. The van der Waals surface area contributed by atoms with E-state index in [4.69, 9.17) is 9.47 Å². The lowest BCUT2D eigenvalue weighted by atomic mass is 9.98. The highest BCUT2D eigenvalue weighted by Gasteiger charge is 2.44. The first-order valence-electron chi connectivity index (χ1n) is 26.1. The minimum Gasteiger partial charge on any atom is -0.394 e. The molecule has 1 rings (SSSR count). The van der Waals surface area contributed by atoms with Gasteiger partial charge in [0, 0.05) is 0 Å². The van der Waals surface area contributed by atoms with Crippen LogP contribution in [0.1, 0.15) is 239 Å². The smallest absolute Gasteiger partial charge is 0.249 e. The van der Waals surface area contributed by atoms with Crippen molar-refractivity contribution in [2.75, 3.05) is 13.2 Å². The molecule has 0 radical (unpaired) electrons. The molecule has 0 bridgehead atoms. The summed E-state index contributed by atoms with van der Waals surface area (Å²) < 4.78 is 11.0. The number of aliphatic hydroxyl groups is 7. The topological polar surface area (TPSA) is 189 Å². The Morgan fingerprint density at radius 1 is 0.548 bits per heavy atom. The van der Waals surface area contributed by atoms with Gasteiger partial charge >= 0.3 is 0 Å². The van der Waals surface area contributed by atoms with Crippen LogP contribution in [0.4, 0.5) is 0 Å². The maximum Gasteiger partial charge on any atom is 0.249 e. The lowest BCUT2D eigenvalue weighted by Crippen LogP contribution is -2.60. The summed E-state index contributed by atoms with van der Waals surface area (Å²) in [7, 11) is 0. The first-order chi connectivity index (χ1) is 30.2. The second-order valence-corrected chi connectivity index (χ2v) is 18.6. The van der Waals surface area contributed by atoms with Crippen molar-refractivity contribution in [2.45, 2.75) is 294 Å². The molecule has 0 spiro atoms. The number of unbranched alkanes of at least 4 members (excludes halogenated alkanes) is 30. The van der Waals surface area contributed by atoms with Crippen molar-refractivity contribution >= 4 is 5.91 Å². The summed E-state index contributed by atoms with van der Waals surface area (Å²) in [5.41, 5.74) is 0. The molecule has 1 fully saturated rings. The number of hydrogen-bond donors (Lipinski definition) is 8. The molecule has 9 unspecified atom stereocenters. The molecule has 1 heterocycles. The standard InChI is InChI=1S/C51H99NO10/c1-3-5-7-9-11-12-13-14-15-16-17-18-19-20-21-22-23-24-25-26-27-28-29-30-31-32-33-35-37-39-44(55)50(60)52-42(46(56)43(54)38-36-34-10-8-6-4-2)41-61-51-49(59)48(58)47(57)45(40-53)62-51/h8,10,42-49,51,53-59H,3-7,9,11-41H2,1-2H3,(H,52,60)/b10-8+. The molecule has 1 saturated heterocycles. The Morgan fingerprint density at radius 3 is 1.39 bits per heavy atom. The predicted molar refractivity (Wildman–Crippen MR) is 252 cm³/mol. The van der Waals surface area contributed by atoms with Crippen molar-refractivity contribution in [3.8, 4) is 0 Å². The van der Waals surface area contributed by atoms with Crippen molar-refractivity contribution in [1.82, 2.24) is 5.32 Å². The SMILES string of the molecule is CCC/C=C/CCCC(O)C(O)C(COC1OC(CO)C(O)C(O)C1O)NC(=O)C(O)CCCCCCCCCCCCCCCCCCCCCCCCCCCCCCC. The van der Waals surface area contributed by atoms with Gasteiger partial charge in [-0.05, 0) is 32.1 Å². The first kappa shape index (κ1) is 58.9. The largest absolute Gasteiger partial charge is 0.394 e. The van der Waals surface area contributed by atoms with Crippen LogP contribution >= 0.6 is 0 Å². The summed E-state index contributed by atoms with van der Waals surface area (Å²) in [6, 6.07) is -1.18. The van der Waals surface area contributed by atoms with Gasteiger partial charge in [0.05, 0.1) is 25.4 Å². The van der Waals surface area contributed by atoms with Gasteiger partial charge in [0.2, 0.25) is 5.91 Å². The Labute approximate surface area is 379 Å². The number of ether oxygens (including phenoxy) is 2. The van der Waals surface area contributed by atoms with E-state index in [9.17, 15) is 40.5 Å². The molecule has 11 heteroatoms. The van der Waals surface area contributed by atoms with Gasteiger partial charge in [0.25, 0.3) is 0 Å². The normalized spacial score (nSPS) is 21.3. The van der Waals surface area contributed by atoms with E-state index in [1.165, 1.54) is 161 Å². The number of carbonyl (C=O) groups is 1. The highest BCUT2D eigenvalue weighted by Crippen LogP contribution is 2.23. The van der Waals surface area contributed by atoms with E-state index in [-0.39, 0.29) is 12.8 Å². The number of allylic oxidation sites excluding steroid dienone is 2. The number of carbonyl (C=O) groups excluding carboxylic acids is 1. The average Bonchev–Trinajstić information content (AvgIpc) is 3.27. The second kappa shape index (κ2) is 41.3. The van der Waals surface area contributed by atoms with Crippen molar-refractivity contribution < 1.29 is 50.0 Å². The number of aliphatic hydroxyl groups excluding tert-OH is 7. The van der Waals surface area contributed by atoms with Crippen LogP contribution in [-0.4, -0.2) is 110 Å². The van der Waals surface area contributed by atoms with Gasteiger partial charge in [-0.1, -0.05) is 219 Å². The zero-order valence-corrected chi connectivity index (χ0v) is 39.9. The van der Waals surface area contributed by atoms with Crippen LogP contribution in [0.25, 0.3) is 0 Å². The summed E-state index contributed by atoms with van der Waals surface area (Å²) >= 11 is 0. The van der Waals surface area contributed by atoms with E-state index in [0.29, 0.717) is 12.8 Å². The van der Waals surface area contributed by atoms with Gasteiger partial charge < -0.3 is 50.5 Å². The van der Waals surface area contributed by atoms with Crippen LogP contribution in [0.5, 0.6) is 0 Å². The maximum atomic E-state index is 13.0. The fourth-order valence-electron chi connectivity index (χ4n) is 8.51. The van der Waals surface area contributed by atoms with Gasteiger partial charge in [-0.3, -0.25) is 4.79 Å². The van der Waals surface area contributed by atoms with E-state index >= 15 is 0 Å². The highest BCUT2D eigenvalue weighted by atomic mass is 16.7. The Hall–Kier alpha value is -1.15. The molecule has 1 aliphatic rings. The summed E-state index contributed by atoms with van der Waals surface area (Å²) in [5, 5.41) is 75.2. The molecule has 11 nitrogen and oxygen atoms in total. The van der Waals surface area contributed by atoms with Crippen LogP contribution in [0.3, 0.4) is 0 Å². The summed E-state index contributed by atoms with van der Waals surface area (Å²) in [6.45, 7) is 3.31. The molecule has 368 valence electrons. The number of nitrogens with one attached hydrogen (secondary N) is 1. The van der Waals surface area contributed by atoms with Crippen molar-refractivity contribution in [3.05, 3.63) is 12.2 Å². The third-order valence-corrected chi connectivity index (χ3v) is 12.8. The van der Waals surface area contributed by atoms with Crippen LogP contribution in [0, 0.1) is 0 Å². The Morgan fingerprint density at radius 2 is 0.968 bits per heavy atom. The van der Waals surface area contributed by atoms with Gasteiger partial charge in [-0.15, -0.1) is 0 Å². The summed E-state index contributed by atoms with van der Waals surface area (Å²) in [6.07, 6.45) is 35.0. The molecule has 1 amide bonds. The van der Waals surface area contributed by atoms with Crippen LogP contribution in [0.15, 0.2) is 12.2 Å². The molecule has 0 aromatic heterocycles. The molecule has 0 saturated carbocycles. The number of amides is 1. The second-order valence-electron chi connectivity index (χ2n) is 18.6. The molecular formula is C51H99NO10. The van der Waals surface area contributed by atoms with E-state index in [1.54, 1.807) is 0 Å². The zero-order valence-electron chi connectivity index (χ0n) is 39.9. The summed E-state index contributed by atoms with van der Waals surface area (Å²) in [4.78, 5) is 13.0. The van der Waals surface area contributed by atoms with Crippen molar-refractivity contribution in [3.63, 3.8) is 0 Å². The van der Waals surface area contributed by atoms with E-state index < -0.39 is 74.2 Å². The maximum absolute atomic E-state index is 13.0. The van der Waals surface area contributed by atoms with E-state index in [2.05, 4.69) is 25.2 Å². The molecule has 0 aliphatic carbocycles. The molecule has 1 aliphatic heterocycles. The first-order valence-corrected chi connectivity index (χ1v) is 26.1. The van der Waals surface area contributed by atoms with Gasteiger partial charge in [-0.25, -0.2) is 0 Å². The fourth-order valence-corrected chi connectivity index (χ4v) is 8.51. The monoisotopic (exact) mass is 886 g/mol. The minimum absolute atomic E-state index is 0.256. The fraction of sp³-hybridized carbons (Fsp3) is 0.941. The average molecular weight is 886 g/mol. The van der Waals surface area contributed by atoms with Crippen molar-refractivity contribution in [1.29, 1.82) is 0 Å². The molecule has 62 heavy (non-hydrogen) atoms. The quantitative estimate of drug-likeness (QED) is 0.0216. The lowest BCUT2D eigenvalue weighted by molar-refractivity contribution is -0.303. The van der Waals surface area contributed by atoms with Crippen LogP contribution < -0.4 is 5.32 Å². The Balaban J connectivity index is 2.14. The highest BCUT2D eigenvalue weighted by molar-refractivity contribution is 5.80. The lowest BCUT2D eigenvalue weighted by Gasteiger charge is -2.40. The van der Waals surface area contributed by atoms with E-state index in [1.807, 2.05) is 6.08 Å². The molecule has 8 N–H and O–H groups in total. The van der Waals surface area contributed by atoms with Crippen LogP contribution in [-0.2, 0) is 14.3 Å². The number of rotatable bonds is 44. The third kappa shape index (κ3) is 30.1. The third-order valence-electron chi connectivity index (χ3n) is 12.8. The van der Waals surface area contributed by atoms with Gasteiger partial charge in [0.15, 0.2) is 6.29 Å². The minimum atomic E-state index is -1.66. The van der Waals surface area contributed by atoms with Gasteiger partial charge in [0.1, 0.15) is 36.6 Å². The molecular weight excluding hydrogens is 787 g/mol. The van der Waals surface area contributed by atoms with Gasteiger partial charge in [-0.2, -0.15) is 0 Å². The van der Waals surface area contributed by atoms with Crippen LogP contribution in [0.2, 0.25) is 0 Å². The predicted octanol–water partition coefficient (Wildman–Crippen LogP) is 9.62. The van der Waals surface area contributed by atoms with E-state index in [0.717, 1.165) is 38.5 Å². The molecule has 9 atom stereocenters. The number of hydrogen-bond acceptors (Lipinski definition) is 10.